The largest absolute Gasteiger partial charge is 0.508 e. The van der Waals surface area contributed by atoms with E-state index in [1.54, 1.807) is 24.3 Å². The molecule has 3 aromatic rings. The molecule has 1 aliphatic rings. The molecule has 6 N–H and O–H groups in total. The van der Waals surface area contributed by atoms with Crippen molar-refractivity contribution >= 4 is 34.9 Å². The molecule has 0 saturated heterocycles. The standard InChI is InChI=1S/C23H25N5O5S/c24-17-18(21(25)30)27-34-20(17)23(32)28(12-16-6-3-11-33-16)19(13-7-9-15(29)10-8-13)22(31)26-14-4-1-2-5-14/h3,6-11,14,19,29H,1-2,4-5,12,24H2,(H2,25,30)(H,26,31)/t19-/m0/s1. The Balaban J connectivity index is 1.76. The normalized spacial score (nSPS) is 14.6. The van der Waals surface area contributed by atoms with Gasteiger partial charge in [-0.25, -0.2) is 0 Å². The van der Waals surface area contributed by atoms with Crippen molar-refractivity contribution in [2.45, 2.75) is 44.3 Å². The van der Waals surface area contributed by atoms with E-state index < -0.39 is 17.9 Å². The molecule has 1 atom stereocenters. The van der Waals surface area contributed by atoms with Crippen LogP contribution in [-0.4, -0.2) is 38.1 Å². The maximum Gasteiger partial charge on any atom is 0.270 e. The maximum atomic E-state index is 13.7. The summed E-state index contributed by atoms with van der Waals surface area (Å²) in [6.07, 6.45) is 5.25. The van der Waals surface area contributed by atoms with Crippen LogP contribution in [0.1, 0.15) is 63.2 Å². The summed E-state index contributed by atoms with van der Waals surface area (Å²) in [4.78, 5) is 40.3. The molecular weight excluding hydrogens is 458 g/mol. The van der Waals surface area contributed by atoms with Crippen molar-refractivity contribution in [3.63, 3.8) is 0 Å². The molecule has 1 fully saturated rings. The number of primary amides is 1. The molecule has 0 unspecified atom stereocenters. The molecule has 2 aromatic heterocycles. The molecule has 1 saturated carbocycles. The van der Waals surface area contributed by atoms with Crippen molar-refractivity contribution in [2.75, 3.05) is 5.73 Å². The highest BCUT2D eigenvalue weighted by atomic mass is 32.1. The number of carbonyl (C=O) groups is 3. The van der Waals surface area contributed by atoms with Gasteiger partial charge in [0.15, 0.2) is 5.69 Å². The first-order valence-electron chi connectivity index (χ1n) is 10.8. The third kappa shape index (κ3) is 4.88. The number of hydrogen-bond acceptors (Lipinski definition) is 8. The van der Waals surface area contributed by atoms with E-state index in [1.807, 2.05) is 0 Å². The van der Waals surface area contributed by atoms with E-state index in [2.05, 4.69) is 9.69 Å². The molecule has 1 aliphatic carbocycles. The summed E-state index contributed by atoms with van der Waals surface area (Å²) >= 11 is 0.744. The Morgan fingerprint density at radius 1 is 1.21 bits per heavy atom. The van der Waals surface area contributed by atoms with Gasteiger partial charge in [-0.15, -0.1) is 0 Å². The average Bonchev–Trinajstić information content (AvgIpc) is 3.57. The highest BCUT2D eigenvalue weighted by molar-refractivity contribution is 7.09. The fourth-order valence-electron chi connectivity index (χ4n) is 4.09. The lowest BCUT2D eigenvalue weighted by Crippen LogP contribution is -2.45. The number of aromatic hydroxyl groups is 1. The molecule has 0 bridgehead atoms. The second-order valence-corrected chi connectivity index (χ2v) is 8.91. The molecule has 178 valence electrons. The number of nitrogens with one attached hydrogen (secondary N) is 1. The molecule has 11 heteroatoms. The first-order chi connectivity index (χ1) is 16.3. The monoisotopic (exact) mass is 483 g/mol. The number of furan rings is 1. The van der Waals surface area contributed by atoms with Gasteiger partial charge in [-0.1, -0.05) is 25.0 Å². The third-order valence-electron chi connectivity index (χ3n) is 5.79. The molecule has 0 aliphatic heterocycles. The topological polar surface area (TPSA) is 165 Å². The molecule has 1 aromatic carbocycles. The van der Waals surface area contributed by atoms with Gasteiger partial charge in [0.1, 0.15) is 22.4 Å². The van der Waals surface area contributed by atoms with Gasteiger partial charge in [-0.05, 0) is 54.2 Å². The molecule has 10 nitrogen and oxygen atoms in total. The van der Waals surface area contributed by atoms with Gasteiger partial charge < -0.3 is 31.2 Å². The number of nitrogen functional groups attached to an aromatic ring is 1. The lowest BCUT2D eigenvalue weighted by molar-refractivity contribution is -0.126. The van der Waals surface area contributed by atoms with E-state index in [1.165, 1.54) is 23.3 Å². The minimum atomic E-state index is -1.06. The van der Waals surface area contributed by atoms with Crippen molar-refractivity contribution in [3.8, 4) is 5.75 Å². The van der Waals surface area contributed by atoms with Gasteiger partial charge in [-0.2, -0.15) is 4.37 Å². The molecule has 0 spiro atoms. The Labute approximate surface area is 199 Å². The zero-order valence-electron chi connectivity index (χ0n) is 18.3. The average molecular weight is 484 g/mol. The summed E-state index contributed by atoms with van der Waals surface area (Å²) in [5.41, 5.74) is 11.5. The predicted molar refractivity (Wildman–Crippen MR) is 125 cm³/mol. The van der Waals surface area contributed by atoms with Gasteiger partial charge in [0, 0.05) is 6.04 Å². The number of aromatic nitrogens is 1. The molecule has 2 heterocycles. The number of nitrogens with two attached hydrogens (primary N) is 2. The minimum absolute atomic E-state index is 0.00204. The first-order valence-corrected chi connectivity index (χ1v) is 11.6. The van der Waals surface area contributed by atoms with Crippen molar-refractivity contribution in [3.05, 3.63) is 64.6 Å². The van der Waals surface area contributed by atoms with Gasteiger partial charge in [0.25, 0.3) is 11.8 Å². The third-order valence-corrected chi connectivity index (χ3v) is 6.64. The molecule has 3 amide bonds. The molecule has 34 heavy (non-hydrogen) atoms. The van der Waals surface area contributed by atoms with Crippen LogP contribution in [0.25, 0.3) is 0 Å². The van der Waals surface area contributed by atoms with Crippen LogP contribution in [0.3, 0.4) is 0 Å². The summed E-state index contributed by atoms with van der Waals surface area (Å²) < 4.78 is 9.38. The van der Waals surface area contributed by atoms with E-state index in [0.717, 1.165) is 37.2 Å². The summed E-state index contributed by atoms with van der Waals surface area (Å²) in [5.74, 6) is -1.34. The van der Waals surface area contributed by atoms with E-state index in [0.29, 0.717) is 11.3 Å². The van der Waals surface area contributed by atoms with Crippen LogP contribution in [-0.2, 0) is 11.3 Å². The minimum Gasteiger partial charge on any atom is -0.508 e. The zero-order valence-corrected chi connectivity index (χ0v) is 19.1. The van der Waals surface area contributed by atoms with Crippen molar-refractivity contribution in [2.24, 2.45) is 5.73 Å². The maximum absolute atomic E-state index is 13.7. The summed E-state index contributed by atoms with van der Waals surface area (Å²) in [5, 5.41) is 12.8. The Hall–Kier alpha value is -3.86. The lowest BCUT2D eigenvalue weighted by Gasteiger charge is -2.31. The van der Waals surface area contributed by atoms with Crippen LogP contribution < -0.4 is 16.8 Å². The Bertz CT molecular complexity index is 1170. The van der Waals surface area contributed by atoms with Crippen molar-refractivity contribution in [1.29, 1.82) is 0 Å². The van der Waals surface area contributed by atoms with Gasteiger partial charge in [0.05, 0.1) is 18.5 Å². The Kier molecular flexibility index (Phi) is 6.82. The highest BCUT2D eigenvalue weighted by Gasteiger charge is 2.36. The number of phenols is 1. The second-order valence-electron chi connectivity index (χ2n) is 8.13. The van der Waals surface area contributed by atoms with Crippen LogP contribution in [0.5, 0.6) is 5.75 Å². The van der Waals surface area contributed by atoms with Gasteiger partial charge in [0.2, 0.25) is 5.91 Å². The van der Waals surface area contributed by atoms with Crippen LogP contribution in [0.4, 0.5) is 5.69 Å². The fraction of sp³-hybridized carbons (Fsp3) is 0.304. The van der Waals surface area contributed by atoms with Gasteiger partial charge in [-0.3, -0.25) is 14.4 Å². The quantitative estimate of drug-likeness (QED) is 0.382. The zero-order chi connectivity index (χ0) is 24.2. The van der Waals surface area contributed by atoms with Crippen LogP contribution in [0.2, 0.25) is 0 Å². The number of hydrogen-bond donors (Lipinski definition) is 4. The van der Waals surface area contributed by atoms with E-state index in [9.17, 15) is 19.5 Å². The smallest absolute Gasteiger partial charge is 0.270 e. The highest BCUT2D eigenvalue weighted by Crippen LogP contribution is 2.31. The predicted octanol–water partition coefficient (Wildman–Crippen LogP) is 2.57. The lowest BCUT2D eigenvalue weighted by atomic mass is 10.0. The molecule has 0 radical (unpaired) electrons. The molecular formula is C23H25N5O5S. The molecule has 4 rings (SSSR count). The number of carbonyl (C=O) groups excluding carboxylic acids is 3. The first kappa shape index (κ1) is 23.3. The summed E-state index contributed by atoms with van der Waals surface area (Å²) in [6.45, 7) is -0.0429. The van der Waals surface area contributed by atoms with E-state index in [4.69, 9.17) is 15.9 Å². The summed E-state index contributed by atoms with van der Waals surface area (Å²) in [6, 6.07) is 8.40. The van der Waals surface area contributed by atoms with Crippen LogP contribution in [0.15, 0.2) is 47.1 Å². The number of phenolic OH excluding ortho intramolecular Hbond substituents is 1. The Morgan fingerprint density at radius 2 is 1.91 bits per heavy atom. The number of nitrogens with zero attached hydrogens (tertiary/aromatic N) is 2. The van der Waals surface area contributed by atoms with E-state index >= 15 is 0 Å². The number of rotatable bonds is 8. The number of benzene rings is 1. The SMILES string of the molecule is NC(=O)c1nsc(C(=O)N(Cc2ccco2)[C@H](C(=O)NC2CCCC2)c2ccc(O)cc2)c1N. The van der Waals surface area contributed by atoms with Gasteiger partial charge >= 0.3 is 0 Å². The fourth-order valence-corrected chi connectivity index (χ4v) is 4.85. The van der Waals surface area contributed by atoms with Crippen LogP contribution in [0, 0.1) is 0 Å². The number of amides is 3. The van der Waals surface area contributed by atoms with Crippen LogP contribution >= 0.6 is 11.5 Å². The van der Waals surface area contributed by atoms with E-state index in [-0.39, 0.29) is 40.5 Å². The Morgan fingerprint density at radius 3 is 2.50 bits per heavy atom. The van der Waals surface area contributed by atoms with Crippen molar-refractivity contribution < 1.29 is 23.9 Å². The van der Waals surface area contributed by atoms with Crippen molar-refractivity contribution in [1.82, 2.24) is 14.6 Å². The summed E-state index contributed by atoms with van der Waals surface area (Å²) in [7, 11) is 0. The number of anilines is 1. The second kappa shape index (κ2) is 9.96.